The van der Waals surface area contributed by atoms with Crippen LogP contribution in [-0.2, 0) is 0 Å². The zero-order valence-electron chi connectivity index (χ0n) is 10.2. The molecule has 3 nitrogen and oxygen atoms in total. The standard InChI is InChI=1S/C14H15FN2O/c1-2-10(9-18)14-16-7-6-13(17-14)11-4-3-5-12(15)8-11/h3-8,10,18H,2,9H2,1H3. The zero-order chi connectivity index (χ0) is 13.0. The van der Waals surface area contributed by atoms with E-state index in [1.807, 2.05) is 6.92 Å². The molecule has 18 heavy (non-hydrogen) atoms. The Bertz CT molecular complexity index is 527. The summed E-state index contributed by atoms with van der Waals surface area (Å²) in [6, 6.07) is 8.02. The Morgan fingerprint density at radius 2 is 2.17 bits per heavy atom. The number of aromatic nitrogens is 2. The van der Waals surface area contributed by atoms with Gasteiger partial charge in [-0.1, -0.05) is 19.1 Å². The first-order valence-electron chi connectivity index (χ1n) is 5.94. The van der Waals surface area contributed by atoms with Crippen LogP contribution in [0.3, 0.4) is 0 Å². The molecule has 1 aromatic heterocycles. The summed E-state index contributed by atoms with van der Waals surface area (Å²) in [7, 11) is 0. The summed E-state index contributed by atoms with van der Waals surface area (Å²) in [5.41, 5.74) is 1.39. The van der Waals surface area contributed by atoms with E-state index in [0.29, 0.717) is 17.1 Å². The van der Waals surface area contributed by atoms with Crippen LogP contribution in [0.15, 0.2) is 36.5 Å². The van der Waals surface area contributed by atoms with E-state index in [0.717, 1.165) is 6.42 Å². The minimum absolute atomic E-state index is 0.0170. The van der Waals surface area contributed by atoms with E-state index in [4.69, 9.17) is 0 Å². The monoisotopic (exact) mass is 246 g/mol. The van der Waals surface area contributed by atoms with Gasteiger partial charge in [0.15, 0.2) is 0 Å². The van der Waals surface area contributed by atoms with Crippen molar-refractivity contribution in [3.63, 3.8) is 0 Å². The number of hydrogen-bond acceptors (Lipinski definition) is 3. The maximum atomic E-state index is 13.2. The molecule has 1 unspecified atom stereocenters. The van der Waals surface area contributed by atoms with Gasteiger partial charge in [0.25, 0.3) is 0 Å². The van der Waals surface area contributed by atoms with Crippen molar-refractivity contribution in [2.75, 3.05) is 6.61 Å². The molecule has 0 amide bonds. The highest BCUT2D eigenvalue weighted by Gasteiger charge is 2.12. The third-order valence-corrected chi connectivity index (χ3v) is 2.87. The van der Waals surface area contributed by atoms with Crippen LogP contribution in [0.4, 0.5) is 4.39 Å². The Morgan fingerprint density at radius 3 is 2.83 bits per heavy atom. The lowest BCUT2D eigenvalue weighted by molar-refractivity contribution is 0.257. The van der Waals surface area contributed by atoms with Gasteiger partial charge in [-0.2, -0.15) is 0 Å². The highest BCUT2D eigenvalue weighted by atomic mass is 19.1. The number of nitrogens with zero attached hydrogens (tertiary/aromatic N) is 2. The first-order valence-corrected chi connectivity index (χ1v) is 5.94. The van der Waals surface area contributed by atoms with Gasteiger partial charge < -0.3 is 5.11 Å². The molecule has 0 aliphatic carbocycles. The number of rotatable bonds is 4. The van der Waals surface area contributed by atoms with Crippen molar-refractivity contribution in [1.82, 2.24) is 9.97 Å². The number of hydrogen-bond donors (Lipinski definition) is 1. The number of aliphatic hydroxyl groups excluding tert-OH is 1. The lowest BCUT2D eigenvalue weighted by atomic mass is 10.1. The number of benzene rings is 1. The van der Waals surface area contributed by atoms with E-state index in [1.165, 1.54) is 12.1 Å². The fourth-order valence-electron chi connectivity index (χ4n) is 1.77. The molecule has 94 valence electrons. The van der Waals surface area contributed by atoms with Crippen LogP contribution >= 0.6 is 0 Å². The van der Waals surface area contributed by atoms with E-state index < -0.39 is 0 Å². The van der Waals surface area contributed by atoms with Crippen LogP contribution in [0.2, 0.25) is 0 Å². The van der Waals surface area contributed by atoms with Gasteiger partial charge >= 0.3 is 0 Å². The van der Waals surface area contributed by atoms with Crippen LogP contribution in [0.25, 0.3) is 11.3 Å². The first-order chi connectivity index (χ1) is 8.74. The summed E-state index contributed by atoms with van der Waals surface area (Å²) >= 11 is 0. The van der Waals surface area contributed by atoms with Crippen molar-refractivity contribution >= 4 is 0 Å². The number of halogens is 1. The second kappa shape index (κ2) is 5.69. The van der Waals surface area contributed by atoms with Crippen LogP contribution in [0.1, 0.15) is 25.1 Å². The molecule has 0 fully saturated rings. The van der Waals surface area contributed by atoms with Gasteiger partial charge in [0.2, 0.25) is 0 Å². The van der Waals surface area contributed by atoms with Gasteiger partial charge in [-0.3, -0.25) is 0 Å². The fraction of sp³-hybridized carbons (Fsp3) is 0.286. The summed E-state index contributed by atoms with van der Waals surface area (Å²) in [6.07, 6.45) is 2.41. The molecule has 0 radical (unpaired) electrons. The van der Waals surface area contributed by atoms with Crippen LogP contribution in [-0.4, -0.2) is 21.7 Å². The lowest BCUT2D eigenvalue weighted by Crippen LogP contribution is -2.08. The van der Waals surface area contributed by atoms with Crippen LogP contribution in [0.5, 0.6) is 0 Å². The summed E-state index contributed by atoms with van der Waals surface area (Å²) in [6.45, 7) is 1.99. The van der Waals surface area contributed by atoms with Crippen LogP contribution < -0.4 is 0 Å². The molecule has 1 aromatic carbocycles. The van der Waals surface area contributed by atoms with E-state index in [9.17, 15) is 9.50 Å². The Hall–Kier alpha value is -1.81. The van der Waals surface area contributed by atoms with Gasteiger partial charge in [0.1, 0.15) is 11.6 Å². The normalized spacial score (nSPS) is 12.4. The second-order valence-corrected chi connectivity index (χ2v) is 4.10. The SMILES string of the molecule is CCC(CO)c1nccc(-c2cccc(F)c2)n1. The Balaban J connectivity index is 2.38. The Kier molecular flexibility index (Phi) is 3.99. The van der Waals surface area contributed by atoms with E-state index in [2.05, 4.69) is 9.97 Å². The van der Waals surface area contributed by atoms with Crippen molar-refractivity contribution < 1.29 is 9.50 Å². The zero-order valence-corrected chi connectivity index (χ0v) is 10.2. The predicted molar refractivity (Wildman–Crippen MR) is 67.5 cm³/mol. The van der Waals surface area contributed by atoms with E-state index >= 15 is 0 Å². The number of aliphatic hydroxyl groups is 1. The molecule has 0 aliphatic rings. The molecule has 0 spiro atoms. The van der Waals surface area contributed by atoms with Gasteiger partial charge in [0, 0.05) is 17.7 Å². The Morgan fingerprint density at radius 1 is 1.33 bits per heavy atom. The molecule has 2 aromatic rings. The van der Waals surface area contributed by atoms with Crippen LogP contribution in [0, 0.1) is 5.82 Å². The average molecular weight is 246 g/mol. The largest absolute Gasteiger partial charge is 0.396 e. The fourth-order valence-corrected chi connectivity index (χ4v) is 1.77. The van der Waals surface area contributed by atoms with E-state index in [-0.39, 0.29) is 18.3 Å². The molecule has 2 rings (SSSR count). The third-order valence-electron chi connectivity index (χ3n) is 2.87. The van der Waals surface area contributed by atoms with Crippen molar-refractivity contribution in [2.45, 2.75) is 19.3 Å². The maximum Gasteiger partial charge on any atom is 0.134 e. The quantitative estimate of drug-likeness (QED) is 0.902. The Labute approximate surface area is 105 Å². The maximum absolute atomic E-state index is 13.2. The van der Waals surface area contributed by atoms with Gasteiger partial charge in [0.05, 0.1) is 12.3 Å². The highest BCUT2D eigenvalue weighted by Crippen LogP contribution is 2.20. The van der Waals surface area contributed by atoms with Gasteiger partial charge in [-0.25, -0.2) is 14.4 Å². The van der Waals surface area contributed by atoms with Crippen molar-refractivity contribution in [3.05, 3.63) is 48.2 Å². The molecule has 0 saturated carbocycles. The van der Waals surface area contributed by atoms with Gasteiger partial charge in [-0.05, 0) is 24.6 Å². The molecule has 1 atom stereocenters. The minimum atomic E-state index is -0.290. The smallest absolute Gasteiger partial charge is 0.134 e. The molecule has 4 heteroatoms. The van der Waals surface area contributed by atoms with Crippen molar-refractivity contribution in [2.24, 2.45) is 0 Å². The second-order valence-electron chi connectivity index (χ2n) is 4.10. The average Bonchev–Trinajstić information content (AvgIpc) is 2.41. The summed E-state index contributed by atoms with van der Waals surface area (Å²) in [5, 5.41) is 9.25. The minimum Gasteiger partial charge on any atom is -0.396 e. The third kappa shape index (κ3) is 2.71. The molecule has 1 heterocycles. The van der Waals surface area contributed by atoms with Crippen molar-refractivity contribution in [1.29, 1.82) is 0 Å². The molecular formula is C14H15FN2O. The predicted octanol–water partition coefficient (Wildman–Crippen LogP) is 2.77. The van der Waals surface area contributed by atoms with Crippen molar-refractivity contribution in [3.8, 4) is 11.3 Å². The van der Waals surface area contributed by atoms with E-state index in [1.54, 1.807) is 24.4 Å². The first kappa shape index (κ1) is 12.6. The molecule has 0 saturated heterocycles. The molecular weight excluding hydrogens is 231 g/mol. The summed E-state index contributed by atoms with van der Waals surface area (Å²) in [4.78, 5) is 8.55. The molecule has 0 bridgehead atoms. The lowest BCUT2D eigenvalue weighted by Gasteiger charge is -2.11. The summed E-state index contributed by atoms with van der Waals surface area (Å²) in [5.74, 6) is 0.238. The van der Waals surface area contributed by atoms with Gasteiger partial charge in [-0.15, -0.1) is 0 Å². The highest BCUT2D eigenvalue weighted by molar-refractivity contribution is 5.58. The molecule has 0 aliphatic heterocycles. The molecule has 1 N–H and O–H groups in total. The topological polar surface area (TPSA) is 46.0 Å². The summed E-state index contributed by atoms with van der Waals surface area (Å²) < 4.78 is 13.2.